The quantitative estimate of drug-likeness (QED) is 0.553. The van der Waals surface area contributed by atoms with Crippen molar-refractivity contribution in [1.82, 2.24) is 0 Å². The summed E-state index contributed by atoms with van der Waals surface area (Å²) in [5.41, 5.74) is 5.07. The van der Waals surface area contributed by atoms with Crippen LogP contribution in [0.1, 0.15) is 40.0 Å². The van der Waals surface area contributed by atoms with Gasteiger partial charge in [0.2, 0.25) is 0 Å². The molecule has 0 fully saturated rings. The average molecular weight is 222 g/mol. The van der Waals surface area contributed by atoms with Gasteiger partial charge in [0.1, 0.15) is 6.04 Å². The molecule has 0 bridgehead atoms. The fourth-order valence-electron chi connectivity index (χ4n) is 0.900. The van der Waals surface area contributed by atoms with E-state index in [9.17, 15) is 4.79 Å². The fraction of sp³-hybridized carbons (Fsp3) is 0.900. The highest BCUT2D eigenvalue weighted by Crippen LogP contribution is 2.11. The van der Waals surface area contributed by atoms with E-state index < -0.39 is 17.6 Å². The molecular weight excluding hydrogens is 202 g/mol. The average Bonchev–Trinajstić information content (AvgIpc) is 2.13. The van der Waals surface area contributed by atoms with Crippen LogP contribution in [-0.2, 0) is 9.53 Å². The first-order chi connectivity index (χ1) is 6.49. The van der Waals surface area contributed by atoms with Crippen LogP contribution >= 0.6 is 11.6 Å². The molecule has 0 saturated carbocycles. The number of rotatable bonds is 6. The molecule has 0 amide bonds. The lowest BCUT2D eigenvalue weighted by Crippen LogP contribution is -2.38. The Kier molecular flexibility index (Phi) is 6.93. The van der Waals surface area contributed by atoms with Gasteiger partial charge in [-0.1, -0.05) is 38.8 Å². The predicted octanol–water partition coefficient (Wildman–Crippen LogP) is 2.27. The van der Waals surface area contributed by atoms with E-state index in [1.165, 1.54) is 0 Å². The van der Waals surface area contributed by atoms with Crippen LogP contribution in [0.15, 0.2) is 0 Å². The second-order valence-electron chi connectivity index (χ2n) is 3.76. The van der Waals surface area contributed by atoms with Crippen LogP contribution in [0.25, 0.3) is 0 Å². The maximum absolute atomic E-state index is 11.3. The minimum atomic E-state index is -0.571. The van der Waals surface area contributed by atoms with E-state index in [2.05, 4.69) is 6.92 Å². The molecular formula is C10H20ClNO2. The van der Waals surface area contributed by atoms with Crippen LogP contribution in [-0.4, -0.2) is 17.6 Å². The van der Waals surface area contributed by atoms with Gasteiger partial charge in [-0.3, -0.25) is 4.79 Å². The Hall–Kier alpha value is -0.280. The summed E-state index contributed by atoms with van der Waals surface area (Å²) in [6.45, 7) is 5.81. The van der Waals surface area contributed by atoms with Gasteiger partial charge < -0.3 is 10.5 Å². The molecule has 3 nitrogen and oxygen atoms in total. The van der Waals surface area contributed by atoms with Crippen molar-refractivity contribution in [1.29, 1.82) is 0 Å². The SMILES string of the molecule is CCCCC(Cl)OC(=O)[C@@H](N)C(C)C. The zero-order valence-electron chi connectivity index (χ0n) is 9.13. The second kappa shape index (κ2) is 7.07. The van der Waals surface area contributed by atoms with E-state index in [1.807, 2.05) is 13.8 Å². The largest absolute Gasteiger partial charge is 0.445 e. The normalized spacial score (nSPS) is 15.3. The van der Waals surface area contributed by atoms with Crippen LogP contribution < -0.4 is 5.73 Å². The smallest absolute Gasteiger partial charge is 0.324 e. The van der Waals surface area contributed by atoms with Crippen molar-refractivity contribution in [2.45, 2.75) is 51.6 Å². The number of alkyl halides is 1. The van der Waals surface area contributed by atoms with E-state index in [4.69, 9.17) is 22.1 Å². The number of ether oxygens (including phenoxy) is 1. The Balaban J connectivity index is 3.81. The second-order valence-corrected chi connectivity index (χ2v) is 4.25. The lowest BCUT2D eigenvalue weighted by atomic mass is 10.1. The van der Waals surface area contributed by atoms with Gasteiger partial charge in [0, 0.05) is 0 Å². The highest BCUT2D eigenvalue weighted by Gasteiger charge is 2.21. The molecule has 0 aliphatic rings. The minimum absolute atomic E-state index is 0.0811. The monoisotopic (exact) mass is 221 g/mol. The molecule has 0 aliphatic heterocycles. The third-order valence-electron chi connectivity index (χ3n) is 2.02. The maximum Gasteiger partial charge on any atom is 0.324 e. The van der Waals surface area contributed by atoms with Gasteiger partial charge in [-0.25, -0.2) is 0 Å². The summed E-state index contributed by atoms with van der Waals surface area (Å²) in [5.74, 6) is -0.325. The Morgan fingerprint density at radius 1 is 1.50 bits per heavy atom. The molecule has 0 spiro atoms. The van der Waals surface area contributed by atoms with Gasteiger partial charge >= 0.3 is 5.97 Å². The fourth-order valence-corrected chi connectivity index (χ4v) is 1.14. The molecule has 0 rings (SSSR count). The number of unbranched alkanes of at least 4 members (excludes halogenated alkanes) is 1. The Labute approximate surface area is 90.9 Å². The summed E-state index contributed by atoms with van der Waals surface area (Å²) in [7, 11) is 0. The lowest BCUT2D eigenvalue weighted by molar-refractivity contribution is -0.148. The predicted molar refractivity (Wildman–Crippen MR) is 58.1 cm³/mol. The van der Waals surface area contributed by atoms with Gasteiger partial charge in [-0.2, -0.15) is 0 Å². The van der Waals surface area contributed by atoms with Crippen LogP contribution in [0.5, 0.6) is 0 Å². The Bertz CT molecular complexity index is 174. The number of hydrogen-bond donors (Lipinski definition) is 1. The van der Waals surface area contributed by atoms with Crippen LogP contribution in [0.2, 0.25) is 0 Å². The molecule has 0 heterocycles. The topological polar surface area (TPSA) is 52.3 Å². The summed E-state index contributed by atoms with van der Waals surface area (Å²) in [4.78, 5) is 11.3. The van der Waals surface area contributed by atoms with Crippen molar-refractivity contribution in [3.63, 3.8) is 0 Å². The summed E-state index contributed by atoms with van der Waals surface area (Å²) in [6.07, 6.45) is 2.68. The standard InChI is InChI=1S/C10H20ClNO2/c1-4-5-6-8(11)14-10(13)9(12)7(2)3/h7-9H,4-6,12H2,1-3H3/t8?,9-/m0/s1. The Morgan fingerprint density at radius 3 is 2.50 bits per heavy atom. The lowest BCUT2D eigenvalue weighted by Gasteiger charge is -2.17. The molecule has 0 aliphatic carbocycles. The van der Waals surface area contributed by atoms with Gasteiger partial charge in [0.05, 0.1) is 0 Å². The van der Waals surface area contributed by atoms with Crippen molar-refractivity contribution in [2.24, 2.45) is 11.7 Å². The van der Waals surface area contributed by atoms with Crippen molar-refractivity contribution in [3.05, 3.63) is 0 Å². The first-order valence-corrected chi connectivity index (χ1v) is 5.52. The van der Waals surface area contributed by atoms with Crippen molar-refractivity contribution in [2.75, 3.05) is 0 Å². The minimum Gasteiger partial charge on any atom is -0.445 e. The molecule has 1 unspecified atom stereocenters. The third-order valence-corrected chi connectivity index (χ3v) is 2.33. The van der Waals surface area contributed by atoms with Gasteiger partial charge in [0.15, 0.2) is 5.56 Å². The molecule has 0 aromatic heterocycles. The number of hydrogen-bond acceptors (Lipinski definition) is 3. The van der Waals surface area contributed by atoms with Crippen LogP contribution in [0.4, 0.5) is 0 Å². The van der Waals surface area contributed by atoms with E-state index >= 15 is 0 Å². The number of carbonyl (C=O) groups excluding carboxylic acids is 1. The molecule has 2 N–H and O–H groups in total. The van der Waals surface area contributed by atoms with E-state index in [0.29, 0.717) is 6.42 Å². The van der Waals surface area contributed by atoms with E-state index in [0.717, 1.165) is 12.8 Å². The van der Waals surface area contributed by atoms with Gasteiger partial charge in [-0.05, 0) is 18.8 Å². The van der Waals surface area contributed by atoms with E-state index in [-0.39, 0.29) is 5.92 Å². The molecule has 2 atom stereocenters. The van der Waals surface area contributed by atoms with Crippen LogP contribution in [0.3, 0.4) is 0 Å². The summed E-state index contributed by atoms with van der Waals surface area (Å²) >= 11 is 5.80. The van der Waals surface area contributed by atoms with Gasteiger partial charge in [-0.15, -0.1) is 0 Å². The number of nitrogens with two attached hydrogens (primary N) is 1. The Morgan fingerprint density at radius 2 is 2.07 bits per heavy atom. The summed E-state index contributed by atoms with van der Waals surface area (Å²) < 4.78 is 4.98. The zero-order chi connectivity index (χ0) is 11.1. The number of carbonyl (C=O) groups is 1. The van der Waals surface area contributed by atoms with Gasteiger partial charge in [0.25, 0.3) is 0 Å². The molecule has 0 aromatic rings. The van der Waals surface area contributed by atoms with E-state index in [1.54, 1.807) is 0 Å². The highest BCUT2D eigenvalue weighted by molar-refractivity contribution is 6.20. The van der Waals surface area contributed by atoms with Crippen molar-refractivity contribution < 1.29 is 9.53 Å². The molecule has 14 heavy (non-hydrogen) atoms. The molecule has 0 aromatic carbocycles. The highest BCUT2D eigenvalue weighted by atomic mass is 35.5. The number of halogens is 1. The molecule has 0 radical (unpaired) electrons. The van der Waals surface area contributed by atoms with Crippen molar-refractivity contribution in [3.8, 4) is 0 Å². The first-order valence-electron chi connectivity index (χ1n) is 5.09. The summed E-state index contributed by atoms with van der Waals surface area (Å²) in [6, 6.07) is -0.571. The maximum atomic E-state index is 11.3. The molecule has 84 valence electrons. The summed E-state index contributed by atoms with van der Waals surface area (Å²) in [5, 5.41) is 0. The zero-order valence-corrected chi connectivity index (χ0v) is 9.88. The first kappa shape index (κ1) is 13.7. The molecule has 4 heteroatoms. The number of esters is 1. The third kappa shape index (κ3) is 5.45. The molecule has 0 saturated heterocycles. The van der Waals surface area contributed by atoms with Crippen LogP contribution in [0, 0.1) is 5.92 Å². The van der Waals surface area contributed by atoms with Crippen molar-refractivity contribution >= 4 is 17.6 Å².